The minimum Gasteiger partial charge on any atom is -0.248 e. The third-order valence-corrected chi connectivity index (χ3v) is 3.64. The van der Waals surface area contributed by atoms with Crippen LogP contribution in [0, 0.1) is 5.82 Å². The second-order valence-electron chi connectivity index (χ2n) is 5.05. The SMILES string of the molecule is Cn1nc(-c2ccc(Cl)cc2F)nc1-c1ccccc1C(F)(F)F. The Kier molecular flexibility index (Phi) is 4.04. The van der Waals surface area contributed by atoms with E-state index >= 15 is 0 Å². The number of alkyl halides is 3. The molecule has 0 atom stereocenters. The summed E-state index contributed by atoms with van der Waals surface area (Å²) in [6.45, 7) is 0. The monoisotopic (exact) mass is 355 g/mol. The quantitative estimate of drug-likeness (QED) is 0.608. The van der Waals surface area contributed by atoms with Gasteiger partial charge in [-0.2, -0.15) is 18.3 Å². The van der Waals surface area contributed by atoms with Crippen molar-refractivity contribution in [2.24, 2.45) is 7.05 Å². The molecule has 3 nitrogen and oxygen atoms in total. The molecule has 0 unspecified atom stereocenters. The van der Waals surface area contributed by atoms with Crippen molar-refractivity contribution < 1.29 is 17.6 Å². The molecule has 0 bridgehead atoms. The van der Waals surface area contributed by atoms with Crippen molar-refractivity contribution in [3.63, 3.8) is 0 Å². The van der Waals surface area contributed by atoms with Crippen LogP contribution in [0.2, 0.25) is 5.02 Å². The lowest BCUT2D eigenvalue weighted by molar-refractivity contribution is -0.137. The van der Waals surface area contributed by atoms with Gasteiger partial charge >= 0.3 is 6.18 Å². The van der Waals surface area contributed by atoms with Gasteiger partial charge in [0.2, 0.25) is 0 Å². The highest BCUT2D eigenvalue weighted by Gasteiger charge is 2.34. The van der Waals surface area contributed by atoms with E-state index in [0.717, 1.165) is 12.1 Å². The maximum atomic E-state index is 14.0. The predicted molar refractivity (Wildman–Crippen MR) is 81.8 cm³/mol. The highest BCUT2D eigenvalue weighted by molar-refractivity contribution is 6.30. The van der Waals surface area contributed by atoms with Crippen molar-refractivity contribution in [1.82, 2.24) is 14.8 Å². The minimum absolute atomic E-state index is 0.00715. The van der Waals surface area contributed by atoms with E-state index in [1.807, 2.05) is 0 Å². The van der Waals surface area contributed by atoms with E-state index in [1.165, 1.54) is 42.1 Å². The number of aromatic nitrogens is 3. The molecule has 124 valence electrons. The summed E-state index contributed by atoms with van der Waals surface area (Å²) in [5.74, 6) is -0.672. The second kappa shape index (κ2) is 5.90. The smallest absolute Gasteiger partial charge is 0.248 e. The van der Waals surface area contributed by atoms with Gasteiger partial charge in [0.05, 0.1) is 11.1 Å². The van der Waals surface area contributed by atoms with E-state index in [9.17, 15) is 17.6 Å². The lowest BCUT2D eigenvalue weighted by atomic mass is 10.1. The Morgan fingerprint density at radius 2 is 1.75 bits per heavy atom. The summed E-state index contributed by atoms with van der Waals surface area (Å²) in [4.78, 5) is 4.08. The molecule has 0 aliphatic rings. The molecule has 0 radical (unpaired) electrons. The van der Waals surface area contributed by atoms with Crippen molar-refractivity contribution in [3.05, 3.63) is 58.9 Å². The van der Waals surface area contributed by atoms with Gasteiger partial charge in [0.1, 0.15) is 5.82 Å². The molecular weight excluding hydrogens is 346 g/mol. The average Bonchev–Trinajstić information content (AvgIpc) is 2.88. The molecule has 1 aromatic heterocycles. The maximum absolute atomic E-state index is 14.0. The number of benzene rings is 2. The zero-order valence-electron chi connectivity index (χ0n) is 12.3. The summed E-state index contributed by atoms with van der Waals surface area (Å²) in [6.07, 6.45) is -4.53. The van der Waals surface area contributed by atoms with Crippen LogP contribution >= 0.6 is 11.6 Å². The van der Waals surface area contributed by atoms with Crippen LogP contribution in [-0.4, -0.2) is 14.8 Å². The van der Waals surface area contributed by atoms with Crippen LogP contribution in [-0.2, 0) is 13.2 Å². The summed E-state index contributed by atoms with van der Waals surface area (Å²) < 4.78 is 54.7. The number of rotatable bonds is 2. The fraction of sp³-hybridized carbons (Fsp3) is 0.125. The normalized spacial score (nSPS) is 11.8. The van der Waals surface area contributed by atoms with Gasteiger partial charge in [-0.25, -0.2) is 14.1 Å². The van der Waals surface area contributed by atoms with E-state index in [0.29, 0.717) is 0 Å². The molecule has 0 N–H and O–H groups in total. The van der Waals surface area contributed by atoms with E-state index in [4.69, 9.17) is 11.6 Å². The van der Waals surface area contributed by atoms with Crippen molar-refractivity contribution in [2.75, 3.05) is 0 Å². The molecule has 0 spiro atoms. The van der Waals surface area contributed by atoms with Gasteiger partial charge < -0.3 is 0 Å². The Morgan fingerprint density at radius 1 is 1.04 bits per heavy atom. The molecule has 24 heavy (non-hydrogen) atoms. The minimum atomic E-state index is -4.53. The molecular formula is C16H10ClF4N3. The van der Waals surface area contributed by atoms with Crippen molar-refractivity contribution in [2.45, 2.75) is 6.18 Å². The third-order valence-electron chi connectivity index (χ3n) is 3.41. The summed E-state index contributed by atoms with van der Waals surface area (Å²) in [6, 6.07) is 8.97. The van der Waals surface area contributed by atoms with E-state index in [-0.39, 0.29) is 27.8 Å². The van der Waals surface area contributed by atoms with Crippen LogP contribution in [0.5, 0.6) is 0 Å². The lowest BCUT2D eigenvalue weighted by Crippen LogP contribution is -2.08. The number of hydrogen-bond donors (Lipinski definition) is 0. The van der Waals surface area contributed by atoms with Gasteiger partial charge in [-0.15, -0.1) is 0 Å². The number of hydrogen-bond acceptors (Lipinski definition) is 2. The van der Waals surface area contributed by atoms with Crippen molar-refractivity contribution in [1.29, 1.82) is 0 Å². The Labute approximate surface area is 139 Å². The first kappa shape index (κ1) is 16.4. The molecule has 8 heteroatoms. The topological polar surface area (TPSA) is 30.7 Å². The van der Waals surface area contributed by atoms with Crippen LogP contribution < -0.4 is 0 Å². The predicted octanol–water partition coefficient (Wildman–Crippen LogP) is 4.96. The number of halogens is 5. The summed E-state index contributed by atoms with van der Waals surface area (Å²) >= 11 is 5.70. The molecule has 0 fully saturated rings. The van der Waals surface area contributed by atoms with Crippen LogP contribution in [0.25, 0.3) is 22.8 Å². The van der Waals surface area contributed by atoms with Gasteiger partial charge in [-0.05, 0) is 24.3 Å². The van der Waals surface area contributed by atoms with Gasteiger partial charge in [0.25, 0.3) is 0 Å². The van der Waals surface area contributed by atoms with Gasteiger partial charge in [-0.1, -0.05) is 29.8 Å². The van der Waals surface area contributed by atoms with Crippen LogP contribution in [0.4, 0.5) is 17.6 Å². The zero-order chi connectivity index (χ0) is 17.5. The first-order valence-electron chi connectivity index (χ1n) is 6.80. The highest BCUT2D eigenvalue weighted by Crippen LogP contribution is 2.36. The molecule has 0 aliphatic heterocycles. The highest BCUT2D eigenvalue weighted by atomic mass is 35.5. The Bertz CT molecular complexity index is 903. The van der Waals surface area contributed by atoms with Gasteiger partial charge in [0.15, 0.2) is 11.6 Å². The maximum Gasteiger partial charge on any atom is 0.417 e. The molecule has 3 rings (SSSR count). The van der Waals surface area contributed by atoms with Crippen molar-refractivity contribution in [3.8, 4) is 22.8 Å². The van der Waals surface area contributed by atoms with Crippen molar-refractivity contribution >= 4 is 11.6 Å². The Morgan fingerprint density at radius 3 is 2.42 bits per heavy atom. The standard InChI is InChI=1S/C16H10ClF4N3/c1-24-15(10-4-2-3-5-12(10)16(19,20)21)22-14(23-24)11-7-6-9(17)8-13(11)18/h2-8H,1H3. The molecule has 3 aromatic rings. The van der Waals surface area contributed by atoms with Gasteiger partial charge in [0, 0.05) is 17.6 Å². The molecule has 0 saturated carbocycles. The molecule has 0 saturated heterocycles. The molecule has 2 aromatic carbocycles. The lowest BCUT2D eigenvalue weighted by Gasteiger charge is -2.11. The van der Waals surface area contributed by atoms with E-state index in [1.54, 1.807) is 0 Å². The largest absolute Gasteiger partial charge is 0.417 e. The summed E-state index contributed by atoms with van der Waals surface area (Å²) in [7, 11) is 1.45. The zero-order valence-corrected chi connectivity index (χ0v) is 13.0. The first-order chi connectivity index (χ1) is 11.3. The number of nitrogens with zero attached hydrogens (tertiary/aromatic N) is 3. The summed E-state index contributed by atoms with van der Waals surface area (Å²) in [5.41, 5.74) is -0.894. The first-order valence-corrected chi connectivity index (χ1v) is 7.18. The van der Waals surface area contributed by atoms with E-state index < -0.39 is 17.6 Å². The third kappa shape index (κ3) is 2.99. The average molecular weight is 356 g/mol. The van der Waals surface area contributed by atoms with E-state index in [2.05, 4.69) is 10.1 Å². The Balaban J connectivity index is 2.15. The molecule has 0 amide bonds. The molecule has 1 heterocycles. The molecule has 0 aliphatic carbocycles. The Hall–Kier alpha value is -2.41. The number of aryl methyl sites for hydroxylation is 1. The van der Waals surface area contributed by atoms with Crippen LogP contribution in [0.15, 0.2) is 42.5 Å². The second-order valence-corrected chi connectivity index (χ2v) is 5.49. The van der Waals surface area contributed by atoms with Gasteiger partial charge in [-0.3, -0.25) is 0 Å². The van der Waals surface area contributed by atoms with Crippen LogP contribution in [0.3, 0.4) is 0 Å². The van der Waals surface area contributed by atoms with Crippen LogP contribution in [0.1, 0.15) is 5.56 Å². The fourth-order valence-electron chi connectivity index (χ4n) is 2.33. The summed E-state index contributed by atoms with van der Waals surface area (Å²) in [5, 5.41) is 4.23. The fourth-order valence-corrected chi connectivity index (χ4v) is 2.49.